The van der Waals surface area contributed by atoms with Gasteiger partial charge in [-0.25, -0.2) is 4.68 Å². The maximum atomic E-state index is 13.2. The molecule has 0 saturated heterocycles. The summed E-state index contributed by atoms with van der Waals surface area (Å²) in [5.41, 5.74) is 3.90. The van der Waals surface area contributed by atoms with Crippen LogP contribution in [0.2, 0.25) is 0 Å². The molecule has 0 radical (unpaired) electrons. The second-order valence-corrected chi connectivity index (χ2v) is 9.13. The minimum Gasteiger partial charge on any atom is -0.490 e. The number of rotatable bonds is 7. The van der Waals surface area contributed by atoms with Gasteiger partial charge in [0.05, 0.1) is 10.2 Å². The van der Waals surface area contributed by atoms with Crippen LogP contribution in [0, 0.1) is 0 Å². The van der Waals surface area contributed by atoms with E-state index in [1.807, 2.05) is 83.7 Å². The Morgan fingerprint density at radius 3 is 2.54 bits per heavy atom. The van der Waals surface area contributed by atoms with Crippen molar-refractivity contribution >= 4 is 22.4 Å². The molecular formula is C28H20N6O2S. The Balaban J connectivity index is 1.45. The van der Waals surface area contributed by atoms with Gasteiger partial charge in [0.1, 0.15) is 18.1 Å². The van der Waals surface area contributed by atoms with Crippen molar-refractivity contribution in [3.05, 3.63) is 118 Å². The molecule has 37 heavy (non-hydrogen) atoms. The van der Waals surface area contributed by atoms with Gasteiger partial charge in [-0.2, -0.15) is 14.6 Å². The fraction of sp³-hybridized carbons (Fsp3) is 0.0357. The number of aromatic nitrogens is 6. The molecule has 4 heterocycles. The van der Waals surface area contributed by atoms with E-state index in [-0.39, 0.29) is 5.56 Å². The SMILES string of the molecule is C=CCOc1ccc(-c2nn(-c3ccccc3)cc2C=c2sc3nc(-c4cccnc4)nn3c2=O)cc1. The lowest BCUT2D eigenvalue weighted by atomic mass is 10.1. The summed E-state index contributed by atoms with van der Waals surface area (Å²) in [6.45, 7) is 4.12. The average molecular weight is 505 g/mol. The van der Waals surface area contributed by atoms with Crippen LogP contribution in [0.5, 0.6) is 5.75 Å². The highest BCUT2D eigenvalue weighted by atomic mass is 32.1. The lowest BCUT2D eigenvalue weighted by Gasteiger charge is -2.04. The van der Waals surface area contributed by atoms with Crippen LogP contribution in [0.25, 0.3) is 39.4 Å². The van der Waals surface area contributed by atoms with Crippen molar-refractivity contribution in [2.75, 3.05) is 6.61 Å². The number of para-hydroxylation sites is 1. The standard InChI is InChI=1S/C28H20N6O2S/c1-2-15-36-23-12-10-19(11-13-23)25-21(18-33(31-25)22-8-4-3-5-9-22)16-24-27(35)34-28(37-24)30-26(32-34)20-7-6-14-29-17-20/h2-14,16-18H,1,15H2. The number of nitrogens with zero attached hydrogens (tertiary/aromatic N) is 6. The van der Waals surface area contributed by atoms with E-state index in [1.54, 1.807) is 18.5 Å². The maximum Gasteiger partial charge on any atom is 0.291 e. The van der Waals surface area contributed by atoms with Gasteiger partial charge in [0.2, 0.25) is 4.96 Å². The van der Waals surface area contributed by atoms with Gasteiger partial charge in [0.15, 0.2) is 5.82 Å². The van der Waals surface area contributed by atoms with Crippen molar-refractivity contribution in [1.82, 2.24) is 29.4 Å². The molecule has 2 aromatic carbocycles. The summed E-state index contributed by atoms with van der Waals surface area (Å²) in [5.74, 6) is 1.22. The molecule has 0 saturated carbocycles. The molecule has 0 spiro atoms. The summed E-state index contributed by atoms with van der Waals surface area (Å²) in [6.07, 6.45) is 8.83. The first-order valence-corrected chi connectivity index (χ1v) is 12.3. The van der Waals surface area contributed by atoms with Crippen molar-refractivity contribution in [3.63, 3.8) is 0 Å². The Labute approximate surface area is 215 Å². The third-order valence-corrected chi connectivity index (χ3v) is 6.61. The first kappa shape index (κ1) is 22.6. The number of thiazole rings is 1. The smallest absolute Gasteiger partial charge is 0.291 e. The van der Waals surface area contributed by atoms with Crippen LogP contribution in [-0.4, -0.2) is 36.0 Å². The van der Waals surface area contributed by atoms with Gasteiger partial charge < -0.3 is 4.74 Å². The molecule has 9 heteroatoms. The number of hydrogen-bond acceptors (Lipinski definition) is 7. The topological polar surface area (TPSA) is 87.2 Å². The normalized spacial score (nSPS) is 11.7. The van der Waals surface area contributed by atoms with Crippen LogP contribution in [0.1, 0.15) is 5.56 Å². The lowest BCUT2D eigenvalue weighted by molar-refractivity contribution is 0.363. The molecule has 4 aromatic heterocycles. The average Bonchev–Trinajstić information content (AvgIpc) is 3.64. The number of benzene rings is 2. The van der Waals surface area contributed by atoms with Gasteiger partial charge in [0.25, 0.3) is 5.56 Å². The van der Waals surface area contributed by atoms with Crippen molar-refractivity contribution in [2.24, 2.45) is 0 Å². The lowest BCUT2D eigenvalue weighted by Crippen LogP contribution is -2.23. The van der Waals surface area contributed by atoms with Crippen LogP contribution in [0.15, 0.2) is 103 Å². The third kappa shape index (κ3) is 4.43. The summed E-state index contributed by atoms with van der Waals surface area (Å²) in [4.78, 5) is 22.4. The first-order chi connectivity index (χ1) is 18.2. The molecule has 0 atom stereocenters. The Hall–Kier alpha value is -4.89. The second-order valence-electron chi connectivity index (χ2n) is 8.12. The Kier molecular flexibility index (Phi) is 5.88. The number of fused-ring (bicyclic) bond motifs is 1. The van der Waals surface area contributed by atoms with Gasteiger partial charge in [-0.15, -0.1) is 5.10 Å². The van der Waals surface area contributed by atoms with E-state index in [4.69, 9.17) is 9.84 Å². The largest absolute Gasteiger partial charge is 0.490 e. The predicted octanol–water partition coefficient (Wildman–Crippen LogP) is 4.18. The summed E-state index contributed by atoms with van der Waals surface area (Å²) in [5, 5.41) is 9.26. The fourth-order valence-corrected chi connectivity index (χ4v) is 4.79. The minimum absolute atomic E-state index is 0.228. The Morgan fingerprint density at radius 2 is 1.81 bits per heavy atom. The molecule has 0 bridgehead atoms. The molecule has 0 N–H and O–H groups in total. The second kappa shape index (κ2) is 9.63. The highest BCUT2D eigenvalue weighted by Gasteiger charge is 2.15. The molecule has 0 aliphatic rings. The number of pyridine rings is 1. The van der Waals surface area contributed by atoms with Gasteiger partial charge in [-0.3, -0.25) is 9.78 Å². The van der Waals surface area contributed by atoms with Crippen LogP contribution < -0.4 is 14.8 Å². The highest BCUT2D eigenvalue weighted by molar-refractivity contribution is 7.15. The van der Waals surface area contributed by atoms with E-state index >= 15 is 0 Å². The van der Waals surface area contributed by atoms with E-state index in [0.717, 1.165) is 33.8 Å². The summed E-state index contributed by atoms with van der Waals surface area (Å²) < 4.78 is 9.29. The van der Waals surface area contributed by atoms with Crippen LogP contribution in [0.3, 0.4) is 0 Å². The van der Waals surface area contributed by atoms with Gasteiger partial charge in [-0.1, -0.05) is 42.2 Å². The van der Waals surface area contributed by atoms with Crippen LogP contribution in [-0.2, 0) is 0 Å². The molecule has 0 aliphatic heterocycles. The maximum absolute atomic E-state index is 13.2. The molecule has 0 amide bonds. The Bertz CT molecular complexity index is 1810. The first-order valence-electron chi connectivity index (χ1n) is 11.5. The summed E-state index contributed by atoms with van der Waals surface area (Å²) in [7, 11) is 0. The molecule has 0 fully saturated rings. The van der Waals surface area contributed by atoms with Gasteiger partial charge >= 0.3 is 0 Å². The van der Waals surface area contributed by atoms with Gasteiger partial charge in [0, 0.05) is 35.3 Å². The molecule has 0 aliphatic carbocycles. The highest BCUT2D eigenvalue weighted by Crippen LogP contribution is 2.26. The van der Waals surface area contributed by atoms with E-state index in [0.29, 0.717) is 21.9 Å². The number of hydrogen-bond donors (Lipinski definition) is 0. The van der Waals surface area contributed by atoms with Crippen molar-refractivity contribution in [1.29, 1.82) is 0 Å². The fourth-order valence-electron chi connectivity index (χ4n) is 3.89. The van der Waals surface area contributed by atoms with Crippen LogP contribution in [0.4, 0.5) is 0 Å². The van der Waals surface area contributed by atoms with E-state index in [2.05, 4.69) is 21.6 Å². The Morgan fingerprint density at radius 1 is 0.973 bits per heavy atom. The summed E-state index contributed by atoms with van der Waals surface area (Å²) >= 11 is 1.29. The predicted molar refractivity (Wildman–Crippen MR) is 144 cm³/mol. The molecule has 6 rings (SSSR count). The quantitative estimate of drug-likeness (QED) is 0.303. The van der Waals surface area contributed by atoms with Crippen LogP contribution >= 0.6 is 11.3 Å². The molecule has 0 unspecified atom stereocenters. The van der Waals surface area contributed by atoms with E-state index < -0.39 is 0 Å². The minimum atomic E-state index is -0.228. The molecule has 180 valence electrons. The summed E-state index contributed by atoms with van der Waals surface area (Å²) in [6, 6.07) is 21.2. The van der Waals surface area contributed by atoms with Crippen molar-refractivity contribution < 1.29 is 4.74 Å². The van der Waals surface area contributed by atoms with Crippen molar-refractivity contribution in [3.8, 4) is 34.1 Å². The van der Waals surface area contributed by atoms with E-state index in [9.17, 15) is 4.79 Å². The van der Waals surface area contributed by atoms with Gasteiger partial charge in [-0.05, 0) is 54.6 Å². The zero-order valence-corrected chi connectivity index (χ0v) is 20.4. The number of ether oxygens (including phenoxy) is 1. The monoisotopic (exact) mass is 504 g/mol. The molecule has 8 nitrogen and oxygen atoms in total. The zero-order valence-electron chi connectivity index (χ0n) is 19.6. The van der Waals surface area contributed by atoms with Crippen molar-refractivity contribution in [2.45, 2.75) is 0 Å². The molecular weight excluding hydrogens is 484 g/mol. The van der Waals surface area contributed by atoms with E-state index in [1.165, 1.54) is 15.9 Å². The molecule has 6 aromatic rings. The zero-order chi connectivity index (χ0) is 25.2. The third-order valence-electron chi connectivity index (χ3n) is 5.65.